The Labute approximate surface area is 197 Å². The average Bonchev–Trinajstić information content (AvgIpc) is 2.87. The first-order valence-corrected chi connectivity index (χ1v) is 10.9. The van der Waals surface area contributed by atoms with E-state index in [1.807, 2.05) is 4.90 Å². The molecule has 0 bridgehead atoms. The summed E-state index contributed by atoms with van der Waals surface area (Å²) in [6.45, 7) is 1.58. The van der Waals surface area contributed by atoms with Gasteiger partial charge in [0, 0.05) is 56.4 Å². The molecule has 0 unspecified atom stereocenters. The molecule has 3 heterocycles. The molecule has 0 saturated carbocycles. The van der Waals surface area contributed by atoms with Crippen LogP contribution in [0.15, 0.2) is 53.6 Å². The molecule has 1 saturated heterocycles. The van der Waals surface area contributed by atoms with Crippen molar-refractivity contribution >= 4 is 22.6 Å². The monoisotopic (exact) mass is 480 g/mol. The molecule has 1 aliphatic rings. The molecule has 0 aliphatic carbocycles. The zero-order valence-electron chi connectivity index (χ0n) is 18.3. The van der Waals surface area contributed by atoms with E-state index in [-0.39, 0.29) is 28.6 Å². The van der Waals surface area contributed by atoms with Gasteiger partial charge in [0.25, 0.3) is 11.5 Å². The van der Waals surface area contributed by atoms with Crippen LogP contribution in [-0.4, -0.2) is 57.2 Å². The van der Waals surface area contributed by atoms with Gasteiger partial charge in [0.05, 0.1) is 16.6 Å². The van der Waals surface area contributed by atoms with Crippen LogP contribution in [0.2, 0.25) is 0 Å². The number of nitrogens with one attached hydrogen (secondary N) is 1. The Hall–Kier alpha value is -4.28. The van der Waals surface area contributed by atoms with E-state index in [1.54, 1.807) is 18.5 Å². The van der Waals surface area contributed by atoms with Gasteiger partial charge in [-0.3, -0.25) is 9.59 Å². The number of rotatable bonds is 4. The van der Waals surface area contributed by atoms with Crippen molar-refractivity contribution in [2.24, 2.45) is 0 Å². The number of fused-ring (bicyclic) bond motifs is 1. The Morgan fingerprint density at radius 1 is 0.943 bits per heavy atom. The topological polar surface area (TPSA) is 95.1 Å². The van der Waals surface area contributed by atoms with Crippen LogP contribution in [0.1, 0.15) is 21.6 Å². The molecular formula is C24H19F3N6O2. The van der Waals surface area contributed by atoms with Crippen LogP contribution in [0, 0.1) is 17.5 Å². The van der Waals surface area contributed by atoms with Crippen molar-refractivity contribution in [3.05, 3.63) is 93.4 Å². The second-order valence-corrected chi connectivity index (χ2v) is 8.12. The van der Waals surface area contributed by atoms with E-state index in [1.165, 1.54) is 23.1 Å². The van der Waals surface area contributed by atoms with Gasteiger partial charge in [-0.1, -0.05) is 0 Å². The normalized spacial score (nSPS) is 13.9. The largest absolute Gasteiger partial charge is 0.337 e. The van der Waals surface area contributed by atoms with Crippen LogP contribution < -0.4 is 10.5 Å². The second kappa shape index (κ2) is 9.16. The van der Waals surface area contributed by atoms with Crippen molar-refractivity contribution in [2.45, 2.75) is 6.42 Å². The predicted octanol–water partition coefficient (Wildman–Crippen LogP) is 2.68. The van der Waals surface area contributed by atoms with Crippen LogP contribution >= 0.6 is 0 Å². The molecule has 0 atom stereocenters. The van der Waals surface area contributed by atoms with E-state index >= 15 is 0 Å². The summed E-state index contributed by atoms with van der Waals surface area (Å²) >= 11 is 0. The van der Waals surface area contributed by atoms with Gasteiger partial charge in [0.1, 0.15) is 17.5 Å². The minimum absolute atomic E-state index is 0.0243. The molecule has 0 spiro atoms. The first-order valence-electron chi connectivity index (χ1n) is 10.9. The Bertz CT molecular complexity index is 1470. The van der Waals surface area contributed by atoms with Crippen molar-refractivity contribution in [1.29, 1.82) is 0 Å². The molecule has 1 fully saturated rings. The molecule has 4 aromatic rings. The fourth-order valence-corrected chi connectivity index (χ4v) is 4.14. The lowest BCUT2D eigenvalue weighted by molar-refractivity contribution is 0.0741. The molecule has 178 valence electrons. The minimum Gasteiger partial charge on any atom is -0.337 e. The molecule has 5 rings (SSSR count). The third-order valence-corrected chi connectivity index (χ3v) is 5.96. The molecule has 1 amide bonds. The van der Waals surface area contributed by atoms with Crippen LogP contribution in [0.4, 0.5) is 19.1 Å². The van der Waals surface area contributed by atoms with E-state index in [9.17, 15) is 22.8 Å². The number of halogens is 3. The van der Waals surface area contributed by atoms with E-state index in [0.29, 0.717) is 43.6 Å². The Kier molecular flexibility index (Phi) is 5.89. The standard InChI is InChI=1S/C24H19F3N6O2/c25-15-2-3-16-17(12-15)22(34)31-30-21(16)11-14-10-18(20(27)13-19(14)26)23(35)32-6-8-33(9-7-32)24-28-4-1-5-29-24/h1-5,10,12-13H,6-9,11H2,(H,31,34). The third kappa shape index (κ3) is 4.44. The fourth-order valence-electron chi connectivity index (χ4n) is 4.14. The Morgan fingerprint density at radius 3 is 2.43 bits per heavy atom. The SMILES string of the molecule is O=C(c1cc(Cc2n[nH]c(=O)c3cc(F)ccc23)c(F)cc1F)N1CCN(c2ncccn2)CC1. The van der Waals surface area contributed by atoms with Crippen molar-refractivity contribution in [3.63, 3.8) is 0 Å². The number of aromatic nitrogens is 4. The number of amides is 1. The van der Waals surface area contributed by atoms with E-state index < -0.39 is 28.9 Å². The van der Waals surface area contributed by atoms with Crippen molar-refractivity contribution in [2.75, 3.05) is 31.1 Å². The summed E-state index contributed by atoms with van der Waals surface area (Å²) in [6, 6.07) is 7.16. The van der Waals surface area contributed by atoms with Gasteiger partial charge in [-0.05, 0) is 35.9 Å². The number of aromatic amines is 1. The summed E-state index contributed by atoms with van der Waals surface area (Å²) in [5.41, 5.74) is -0.555. The molecule has 2 aromatic carbocycles. The van der Waals surface area contributed by atoms with Crippen LogP contribution in [0.3, 0.4) is 0 Å². The van der Waals surface area contributed by atoms with Gasteiger partial charge in [0.15, 0.2) is 0 Å². The number of carbonyl (C=O) groups is 1. The van der Waals surface area contributed by atoms with Crippen LogP contribution in [-0.2, 0) is 6.42 Å². The first-order chi connectivity index (χ1) is 16.9. The van der Waals surface area contributed by atoms with Crippen LogP contribution in [0.5, 0.6) is 0 Å². The molecule has 1 N–H and O–H groups in total. The highest BCUT2D eigenvalue weighted by molar-refractivity contribution is 5.95. The average molecular weight is 480 g/mol. The van der Waals surface area contributed by atoms with Crippen molar-refractivity contribution < 1.29 is 18.0 Å². The maximum atomic E-state index is 14.7. The van der Waals surface area contributed by atoms with E-state index in [2.05, 4.69) is 20.2 Å². The lowest BCUT2D eigenvalue weighted by atomic mass is 10.0. The van der Waals surface area contributed by atoms with Gasteiger partial charge in [-0.25, -0.2) is 28.2 Å². The highest BCUT2D eigenvalue weighted by Gasteiger charge is 2.26. The smallest absolute Gasteiger partial charge is 0.272 e. The van der Waals surface area contributed by atoms with E-state index in [4.69, 9.17) is 0 Å². The lowest BCUT2D eigenvalue weighted by Gasteiger charge is -2.34. The van der Waals surface area contributed by atoms with Crippen molar-refractivity contribution in [1.82, 2.24) is 25.1 Å². The zero-order chi connectivity index (χ0) is 24.5. The number of hydrogen-bond donors (Lipinski definition) is 1. The summed E-state index contributed by atoms with van der Waals surface area (Å²) in [5.74, 6) is -2.42. The molecule has 2 aromatic heterocycles. The predicted molar refractivity (Wildman–Crippen MR) is 122 cm³/mol. The number of benzene rings is 2. The first kappa shape index (κ1) is 22.5. The number of anilines is 1. The quantitative estimate of drug-likeness (QED) is 0.483. The minimum atomic E-state index is -0.966. The molecule has 11 heteroatoms. The summed E-state index contributed by atoms with van der Waals surface area (Å²) < 4.78 is 42.9. The lowest BCUT2D eigenvalue weighted by Crippen LogP contribution is -2.49. The molecule has 0 radical (unpaired) electrons. The summed E-state index contributed by atoms with van der Waals surface area (Å²) in [5, 5.41) is 6.64. The fraction of sp³-hybridized carbons (Fsp3) is 0.208. The zero-order valence-corrected chi connectivity index (χ0v) is 18.3. The maximum Gasteiger partial charge on any atom is 0.272 e. The number of nitrogens with zero attached hydrogens (tertiary/aromatic N) is 5. The summed E-state index contributed by atoms with van der Waals surface area (Å²) in [7, 11) is 0. The van der Waals surface area contributed by atoms with Gasteiger partial charge in [-0.15, -0.1) is 0 Å². The highest BCUT2D eigenvalue weighted by atomic mass is 19.1. The maximum absolute atomic E-state index is 14.7. The summed E-state index contributed by atoms with van der Waals surface area (Å²) in [6.07, 6.45) is 3.13. The second-order valence-electron chi connectivity index (χ2n) is 8.12. The number of hydrogen-bond acceptors (Lipinski definition) is 6. The van der Waals surface area contributed by atoms with Crippen molar-refractivity contribution in [3.8, 4) is 0 Å². The molecule has 8 nitrogen and oxygen atoms in total. The van der Waals surface area contributed by atoms with Gasteiger partial charge in [0.2, 0.25) is 5.95 Å². The van der Waals surface area contributed by atoms with Gasteiger partial charge < -0.3 is 9.80 Å². The molecule has 1 aliphatic heterocycles. The number of H-pyrrole nitrogens is 1. The highest BCUT2D eigenvalue weighted by Crippen LogP contribution is 2.23. The number of piperazine rings is 1. The van der Waals surface area contributed by atoms with Gasteiger partial charge in [-0.2, -0.15) is 5.10 Å². The summed E-state index contributed by atoms with van der Waals surface area (Å²) in [4.78, 5) is 36.9. The molecular weight excluding hydrogens is 461 g/mol. The number of carbonyl (C=O) groups excluding carboxylic acids is 1. The Morgan fingerprint density at radius 2 is 1.69 bits per heavy atom. The van der Waals surface area contributed by atoms with Crippen LogP contribution in [0.25, 0.3) is 10.8 Å². The van der Waals surface area contributed by atoms with E-state index in [0.717, 1.165) is 6.07 Å². The third-order valence-electron chi connectivity index (χ3n) is 5.96. The van der Waals surface area contributed by atoms with Gasteiger partial charge >= 0.3 is 0 Å². The Balaban J connectivity index is 1.39. The molecule has 35 heavy (non-hydrogen) atoms.